The predicted octanol–water partition coefficient (Wildman–Crippen LogP) is 0.164. The molecule has 0 aromatic heterocycles. The Kier molecular flexibility index (Phi) is 3.70. The fraction of sp³-hybridized carbons (Fsp3) is 0.917. The summed E-state index contributed by atoms with van der Waals surface area (Å²) in [7, 11) is 0. The summed E-state index contributed by atoms with van der Waals surface area (Å²) in [6.07, 6.45) is 1.45. The third-order valence-corrected chi connectivity index (χ3v) is 3.64. The third kappa shape index (κ3) is 2.46. The van der Waals surface area contributed by atoms with E-state index < -0.39 is 5.60 Å². The molecule has 3 unspecified atom stereocenters. The van der Waals surface area contributed by atoms with Crippen LogP contribution in [0.2, 0.25) is 0 Å². The summed E-state index contributed by atoms with van der Waals surface area (Å²) in [5.74, 6) is 0.0317. The van der Waals surface area contributed by atoms with Crippen LogP contribution in [0.15, 0.2) is 0 Å². The number of amides is 1. The maximum absolute atomic E-state index is 12.5. The van der Waals surface area contributed by atoms with Gasteiger partial charge in [0.25, 0.3) is 5.91 Å². The minimum absolute atomic E-state index is 0.0317. The standard InChI is InChI=1S/C12H21NO4/c1-9-8-16-10(7-14)6-13(9)11(15)12(2)4-3-5-17-12/h9-10,14H,3-8H2,1-2H3. The fourth-order valence-electron chi connectivity index (χ4n) is 2.46. The van der Waals surface area contributed by atoms with Crippen molar-refractivity contribution in [3.63, 3.8) is 0 Å². The monoisotopic (exact) mass is 243 g/mol. The molecule has 0 aromatic rings. The third-order valence-electron chi connectivity index (χ3n) is 3.64. The smallest absolute Gasteiger partial charge is 0.254 e. The first-order valence-electron chi connectivity index (χ1n) is 6.24. The van der Waals surface area contributed by atoms with Crippen molar-refractivity contribution in [1.29, 1.82) is 0 Å². The Labute approximate surface area is 102 Å². The van der Waals surface area contributed by atoms with Gasteiger partial charge in [0.15, 0.2) is 0 Å². The molecule has 0 spiro atoms. The van der Waals surface area contributed by atoms with Gasteiger partial charge in [-0.15, -0.1) is 0 Å². The summed E-state index contributed by atoms with van der Waals surface area (Å²) in [4.78, 5) is 14.2. The highest BCUT2D eigenvalue weighted by molar-refractivity contribution is 5.85. The molecule has 98 valence electrons. The molecule has 2 fully saturated rings. The molecule has 0 aliphatic carbocycles. The first-order valence-corrected chi connectivity index (χ1v) is 6.24. The van der Waals surface area contributed by atoms with E-state index in [1.54, 1.807) is 4.90 Å². The Morgan fingerprint density at radius 3 is 2.94 bits per heavy atom. The molecule has 5 nitrogen and oxygen atoms in total. The predicted molar refractivity (Wildman–Crippen MR) is 61.6 cm³/mol. The molecule has 5 heteroatoms. The number of nitrogens with zero attached hydrogens (tertiary/aromatic N) is 1. The fourth-order valence-corrected chi connectivity index (χ4v) is 2.46. The number of carbonyl (C=O) groups excluding carboxylic acids is 1. The average Bonchev–Trinajstić information content (AvgIpc) is 2.77. The lowest BCUT2D eigenvalue weighted by atomic mass is 9.99. The largest absolute Gasteiger partial charge is 0.394 e. The van der Waals surface area contributed by atoms with Gasteiger partial charge in [0.05, 0.1) is 25.4 Å². The molecule has 2 aliphatic heterocycles. The van der Waals surface area contributed by atoms with Crippen LogP contribution in [0.4, 0.5) is 0 Å². The first kappa shape index (κ1) is 12.8. The van der Waals surface area contributed by atoms with Crippen LogP contribution in [-0.2, 0) is 14.3 Å². The van der Waals surface area contributed by atoms with Crippen LogP contribution in [-0.4, -0.2) is 60.0 Å². The number of carbonyl (C=O) groups is 1. The molecule has 2 heterocycles. The molecule has 2 rings (SSSR count). The topological polar surface area (TPSA) is 59.0 Å². The molecule has 0 radical (unpaired) electrons. The first-order chi connectivity index (χ1) is 8.07. The van der Waals surface area contributed by atoms with Crippen molar-refractivity contribution in [3.05, 3.63) is 0 Å². The molecular formula is C12H21NO4. The summed E-state index contributed by atoms with van der Waals surface area (Å²) >= 11 is 0. The number of morpholine rings is 1. The van der Waals surface area contributed by atoms with E-state index in [0.29, 0.717) is 19.8 Å². The second-order valence-corrected chi connectivity index (χ2v) is 5.13. The second-order valence-electron chi connectivity index (χ2n) is 5.13. The van der Waals surface area contributed by atoms with Crippen LogP contribution >= 0.6 is 0 Å². The summed E-state index contributed by atoms with van der Waals surface area (Å²) in [6, 6.07) is 0.0475. The van der Waals surface area contributed by atoms with Crippen molar-refractivity contribution in [3.8, 4) is 0 Å². The van der Waals surface area contributed by atoms with Gasteiger partial charge in [-0.05, 0) is 26.7 Å². The molecule has 2 saturated heterocycles. The van der Waals surface area contributed by atoms with Gasteiger partial charge in [-0.2, -0.15) is 0 Å². The van der Waals surface area contributed by atoms with Crippen molar-refractivity contribution >= 4 is 5.91 Å². The van der Waals surface area contributed by atoms with Crippen LogP contribution in [0.3, 0.4) is 0 Å². The van der Waals surface area contributed by atoms with Crippen LogP contribution in [0.1, 0.15) is 26.7 Å². The van der Waals surface area contributed by atoms with Crippen molar-refractivity contribution in [2.75, 3.05) is 26.4 Å². The van der Waals surface area contributed by atoms with E-state index in [1.807, 2.05) is 13.8 Å². The lowest BCUT2D eigenvalue weighted by Crippen LogP contribution is -2.57. The molecule has 0 bridgehead atoms. The molecule has 2 aliphatic rings. The van der Waals surface area contributed by atoms with Gasteiger partial charge in [0.2, 0.25) is 0 Å². The van der Waals surface area contributed by atoms with Gasteiger partial charge in [-0.25, -0.2) is 0 Å². The normalized spacial score (nSPS) is 38.4. The van der Waals surface area contributed by atoms with E-state index >= 15 is 0 Å². The number of hydrogen-bond acceptors (Lipinski definition) is 4. The van der Waals surface area contributed by atoms with Crippen molar-refractivity contribution in [2.45, 2.75) is 44.4 Å². The molecule has 17 heavy (non-hydrogen) atoms. The Hall–Kier alpha value is -0.650. The highest BCUT2D eigenvalue weighted by Crippen LogP contribution is 2.29. The van der Waals surface area contributed by atoms with Crippen LogP contribution in [0, 0.1) is 0 Å². The molecule has 3 atom stereocenters. The summed E-state index contributed by atoms with van der Waals surface area (Å²) in [5, 5.41) is 9.11. The van der Waals surface area contributed by atoms with Gasteiger partial charge in [0.1, 0.15) is 5.60 Å². The SMILES string of the molecule is CC1COC(CO)CN1C(=O)C1(C)CCCO1. The molecule has 1 amide bonds. The zero-order valence-electron chi connectivity index (χ0n) is 10.5. The van der Waals surface area contributed by atoms with E-state index in [-0.39, 0.29) is 24.7 Å². The second kappa shape index (κ2) is 4.92. The van der Waals surface area contributed by atoms with E-state index in [4.69, 9.17) is 14.6 Å². The Morgan fingerprint density at radius 2 is 2.35 bits per heavy atom. The van der Waals surface area contributed by atoms with E-state index in [0.717, 1.165) is 12.8 Å². The number of ether oxygens (including phenoxy) is 2. The highest BCUT2D eigenvalue weighted by Gasteiger charge is 2.43. The Morgan fingerprint density at radius 1 is 1.59 bits per heavy atom. The maximum Gasteiger partial charge on any atom is 0.254 e. The minimum atomic E-state index is -0.675. The van der Waals surface area contributed by atoms with Gasteiger partial charge < -0.3 is 19.5 Å². The van der Waals surface area contributed by atoms with Crippen LogP contribution in [0.25, 0.3) is 0 Å². The molecule has 1 N–H and O–H groups in total. The summed E-state index contributed by atoms with van der Waals surface area (Å²) in [5.41, 5.74) is -0.675. The Bertz CT molecular complexity index is 288. The van der Waals surface area contributed by atoms with E-state index in [9.17, 15) is 4.79 Å². The molecule has 0 saturated carbocycles. The summed E-state index contributed by atoms with van der Waals surface area (Å²) < 4.78 is 11.0. The minimum Gasteiger partial charge on any atom is -0.394 e. The van der Waals surface area contributed by atoms with Gasteiger partial charge in [-0.1, -0.05) is 0 Å². The number of aliphatic hydroxyl groups excluding tert-OH is 1. The lowest BCUT2D eigenvalue weighted by molar-refractivity contribution is -0.164. The maximum atomic E-state index is 12.5. The van der Waals surface area contributed by atoms with E-state index in [2.05, 4.69) is 0 Å². The molecule has 0 aromatic carbocycles. The van der Waals surface area contributed by atoms with Crippen molar-refractivity contribution < 1.29 is 19.4 Å². The average molecular weight is 243 g/mol. The number of rotatable bonds is 2. The zero-order valence-corrected chi connectivity index (χ0v) is 10.5. The number of aliphatic hydroxyl groups is 1. The zero-order chi connectivity index (χ0) is 12.5. The van der Waals surface area contributed by atoms with Crippen molar-refractivity contribution in [1.82, 2.24) is 4.90 Å². The van der Waals surface area contributed by atoms with Gasteiger partial charge in [0, 0.05) is 13.2 Å². The van der Waals surface area contributed by atoms with Gasteiger partial charge in [-0.3, -0.25) is 4.79 Å². The quantitative estimate of drug-likeness (QED) is 0.751. The summed E-state index contributed by atoms with van der Waals surface area (Å²) in [6.45, 7) is 5.36. The lowest BCUT2D eigenvalue weighted by Gasteiger charge is -2.40. The molecular weight excluding hydrogens is 222 g/mol. The highest BCUT2D eigenvalue weighted by atomic mass is 16.5. The van der Waals surface area contributed by atoms with Crippen molar-refractivity contribution in [2.24, 2.45) is 0 Å². The van der Waals surface area contributed by atoms with E-state index in [1.165, 1.54) is 0 Å². The van der Waals surface area contributed by atoms with Gasteiger partial charge >= 0.3 is 0 Å². The van der Waals surface area contributed by atoms with Crippen LogP contribution in [0.5, 0.6) is 0 Å². The number of hydrogen-bond donors (Lipinski definition) is 1. The van der Waals surface area contributed by atoms with Crippen LogP contribution < -0.4 is 0 Å². The Balaban J connectivity index is 2.06.